The molecule has 1 fully saturated rings. The van der Waals surface area contributed by atoms with E-state index in [-0.39, 0.29) is 18.6 Å². The standard InChI is InChI=1S/C16H23NO2/c1-11(2)17(14-8-9-14)15(18)10-19-16-12(3)6-5-7-13(16)4/h5-7,11,14H,8-10H2,1-4H3. The molecule has 0 saturated heterocycles. The number of amides is 1. The molecule has 1 aliphatic carbocycles. The lowest BCUT2D eigenvalue weighted by molar-refractivity contribution is -0.135. The van der Waals surface area contributed by atoms with Crippen molar-refractivity contribution in [1.82, 2.24) is 4.90 Å². The van der Waals surface area contributed by atoms with E-state index in [0.29, 0.717) is 6.04 Å². The van der Waals surface area contributed by atoms with Crippen LogP contribution in [0.4, 0.5) is 0 Å². The van der Waals surface area contributed by atoms with Crippen molar-refractivity contribution >= 4 is 5.91 Å². The molecule has 2 rings (SSSR count). The summed E-state index contributed by atoms with van der Waals surface area (Å²) in [6.45, 7) is 8.28. The molecule has 0 unspecified atom stereocenters. The summed E-state index contributed by atoms with van der Waals surface area (Å²) in [7, 11) is 0. The number of nitrogens with zero attached hydrogens (tertiary/aromatic N) is 1. The van der Waals surface area contributed by atoms with Gasteiger partial charge in [0, 0.05) is 12.1 Å². The Morgan fingerprint density at radius 1 is 1.32 bits per heavy atom. The van der Waals surface area contributed by atoms with Crippen LogP contribution >= 0.6 is 0 Å². The number of hydrogen-bond donors (Lipinski definition) is 0. The predicted molar refractivity (Wildman–Crippen MR) is 76.4 cm³/mol. The van der Waals surface area contributed by atoms with Gasteiger partial charge in [0.1, 0.15) is 5.75 Å². The number of hydrogen-bond acceptors (Lipinski definition) is 2. The molecule has 1 aromatic carbocycles. The Morgan fingerprint density at radius 2 is 1.89 bits per heavy atom. The number of para-hydroxylation sites is 1. The lowest BCUT2D eigenvalue weighted by Crippen LogP contribution is -2.41. The molecule has 0 spiro atoms. The minimum atomic E-state index is 0.0974. The van der Waals surface area contributed by atoms with E-state index in [2.05, 4.69) is 13.8 Å². The summed E-state index contributed by atoms with van der Waals surface area (Å²) in [5.41, 5.74) is 2.16. The van der Waals surface area contributed by atoms with Crippen LogP contribution in [0.3, 0.4) is 0 Å². The van der Waals surface area contributed by atoms with Gasteiger partial charge < -0.3 is 9.64 Å². The zero-order valence-corrected chi connectivity index (χ0v) is 12.3. The van der Waals surface area contributed by atoms with Crippen molar-refractivity contribution < 1.29 is 9.53 Å². The summed E-state index contributed by atoms with van der Waals surface area (Å²) in [4.78, 5) is 14.2. The van der Waals surface area contributed by atoms with Crippen LogP contribution in [0, 0.1) is 13.8 Å². The van der Waals surface area contributed by atoms with Gasteiger partial charge in [-0.05, 0) is 51.7 Å². The maximum Gasteiger partial charge on any atom is 0.260 e. The maximum absolute atomic E-state index is 12.3. The third-order valence-corrected chi connectivity index (χ3v) is 3.53. The Balaban J connectivity index is 1.99. The van der Waals surface area contributed by atoms with E-state index < -0.39 is 0 Å². The van der Waals surface area contributed by atoms with Gasteiger partial charge in [0.2, 0.25) is 0 Å². The summed E-state index contributed by atoms with van der Waals surface area (Å²) in [5.74, 6) is 0.940. The van der Waals surface area contributed by atoms with Gasteiger partial charge in [-0.25, -0.2) is 0 Å². The molecule has 1 amide bonds. The number of rotatable bonds is 5. The van der Waals surface area contributed by atoms with Crippen molar-refractivity contribution in [2.45, 2.75) is 52.6 Å². The predicted octanol–water partition coefficient (Wildman–Crippen LogP) is 3.08. The summed E-state index contributed by atoms with van der Waals surface area (Å²) >= 11 is 0. The van der Waals surface area contributed by atoms with Gasteiger partial charge in [-0.3, -0.25) is 4.79 Å². The van der Waals surface area contributed by atoms with Gasteiger partial charge >= 0.3 is 0 Å². The minimum Gasteiger partial charge on any atom is -0.483 e. The van der Waals surface area contributed by atoms with Crippen molar-refractivity contribution in [3.63, 3.8) is 0 Å². The molecule has 0 atom stereocenters. The molecule has 1 saturated carbocycles. The molecule has 19 heavy (non-hydrogen) atoms. The molecule has 0 heterocycles. The van der Waals surface area contributed by atoms with Crippen LogP contribution in [0.15, 0.2) is 18.2 Å². The van der Waals surface area contributed by atoms with E-state index in [1.807, 2.05) is 36.9 Å². The monoisotopic (exact) mass is 261 g/mol. The first-order valence-electron chi connectivity index (χ1n) is 7.01. The molecule has 104 valence electrons. The molecule has 1 aliphatic rings. The fourth-order valence-corrected chi connectivity index (χ4v) is 2.50. The fourth-order valence-electron chi connectivity index (χ4n) is 2.50. The molecule has 0 radical (unpaired) electrons. The van der Waals surface area contributed by atoms with Crippen LogP contribution in [-0.2, 0) is 4.79 Å². The van der Waals surface area contributed by atoms with Crippen molar-refractivity contribution in [1.29, 1.82) is 0 Å². The van der Waals surface area contributed by atoms with E-state index in [0.717, 1.165) is 29.7 Å². The van der Waals surface area contributed by atoms with E-state index in [1.54, 1.807) is 0 Å². The van der Waals surface area contributed by atoms with E-state index in [4.69, 9.17) is 4.74 Å². The Kier molecular flexibility index (Phi) is 4.13. The first-order chi connectivity index (χ1) is 9.00. The Hall–Kier alpha value is -1.51. The number of carbonyl (C=O) groups excluding carboxylic acids is 1. The molecular weight excluding hydrogens is 238 g/mol. The zero-order valence-electron chi connectivity index (χ0n) is 12.3. The quantitative estimate of drug-likeness (QED) is 0.815. The second kappa shape index (κ2) is 5.64. The Bertz CT molecular complexity index is 442. The summed E-state index contributed by atoms with van der Waals surface area (Å²) in [6, 6.07) is 6.71. The number of carbonyl (C=O) groups is 1. The Labute approximate surface area is 115 Å². The number of benzene rings is 1. The molecule has 3 heteroatoms. The van der Waals surface area contributed by atoms with Crippen LogP contribution in [0.25, 0.3) is 0 Å². The molecule has 0 bridgehead atoms. The fraction of sp³-hybridized carbons (Fsp3) is 0.562. The van der Waals surface area contributed by atoms with Gasteiger partial charge in [-0.1, -0.05) is 18.2 Å². The molecule has 0 aliphatic heterocycles. The smallest absolute Gasteiger partial charge is 0.260 e. The molecule has 1 aromatic rings. The lowest BCUT2D eigenvalue weighted by atomic mass is 10.1. The van der Waals surface area contributed by atoms with Gasteiger partial charge in [-0.15, -0.1) is 0 Å². The second-order valence-electron chi connectivity index (χ2n) is 5.64. The highest BCUT2D eigenvalue weighted by Gasteiger charge is 2.34. The van der Waals surface area contributed by atoms with Gasteiger partial charge in [0.15, 0.2) is 6.61 Å². The highest BCUT2D eigenvalue weighted by molar-refractivity contribution is 5.78. The average Bonchev–Trinajstić information content (AvgIpc) is 3.12. The van der Waals surface area contributed by atoms with Crippen molar-refractivity contribution in [3.8, 4) is 5.75 Å². The average molecular weight is 261 g/mol. The van der Waals surface area contributed by atoms with Crippen LogP contribution in [-0.4, -0.2) is 29.5 Å². The maximum atomic E-state index is 12.3. The third kappa shape index (κ3) is 3.28. The van der Waals surface area contributed by atoms with Crippen LogP contribution in [0.1, 0.15) is 37.8 Å². The topological polar surface area (TPSA) is 29.5 Å². The van der Waals surface area contributed by atoms with E-state index >= 15 is 0 Å². The van der Waals surface area contributed by atoms with Crippen LogP contribution in [0.2, 0.25) is 0 Å². The first-order valence-corrected chi connectivity index (χ1v) is 7.01. The molecular formula is C16H23NO2. The SMILES string of the molecule is Cc1cccc(C)c1OCC(=O)N(C(C)C)C1CC1. The van der Waals surface area contributed by atoms with Crippen molar-refractivity contribution in [2.24, 2.45) is 0 Å². The van der Waals surface area contributed by atoms with Crippen molar-refractivity contribution in [2.75, 3.05) is 6.61 Å². The second-order valence-corrected chi connectivity index (χ2v) is 5.64. The summed E-state index contributed by atoms with van der Waals surface area (Å²) in [6.07, 6.45) is 2.26. The van der Waals surface area contributed by atoms with Crippen molar-refractivity contribution in [3.05, 3.63) is 29.3 Å². The van der Waals surface area contributed by atoms with Gasteiger partial charge in [-0.2, -0.15) is 0 Å². The number of ether oxygens (including phenoxy) is 1. The largest absolute Gasteiger partial charge is 0.483 e. The van der Waals surface area contributed by atoms with Gasteiger partial charge in [0.05, 0.1) is 0 Å². The number of aryl methyl sites for hydroxylation is 2. The van der Waals surface area contributed by atoms with Crippen LogP contribution in [0.5, 0.6) is 5.75 Å². The zero-order chi connectivity index (χ0) is 14.0. The van der Waals surface area contributed by atoms with Gasteiger partial charge in [0.25, 0.3) is 5.91 Å². The highest BCUT2D eigenvalue weighted by Crippen LogP contribution is 2.29. The first kappa shape index (κ1) is 13.9. The third-order valence-electron chi connectivity index (χ3n) is 3.53. The lowest BCUT2D eigenvalue weighted by Gasteiger charge is -2.27. The molecule has 3 nitrogen and oxygen atoms in total. The van der Waals surface area contributed by atoms with E-state index in [1.165, 1.54) is 0 Å². The highest BCUT2D eigenvalue weighted by atomic mass is 16.5. The molecule has 0 N–H and O–H groups in total. The Morgan fingerprint density at radius 3 is 2.37 bits per heavy atom. The summed E-state index contributed by atoms with van der Waals surface area (Å²) < 4.78 is 5.75. The summed E-state index contributed by atoms with van der Waals surface area (Å²) in [5, 5.41) is 0. The molecule has 0 aromatic heterocycles. The minimum absolute atomic E-state index is 0.0974. The van der Waals surface area contributed by atoms with Crippen LogP contribution < -0.4 is 4.74 Å². The normalized spacial score (nSPS) is 14.6. The van der Waals surface area contributed by atoms with E-state index in [9.17, 15) is 4.79 Å².